The Bertz CT molecular complexity index is 2870. The Kier molecular flexibility index (Phi) is 7.25. The summed E-state index contributed by atoms with van der Waals surface area (Å²) in [5, 5.41) is 10.1. The highest BCUT2D eigenvalue weighted by atomic mass is 14.2. The van der Waals surface area contributed by atoms with Gasteiger partial charge >= 0.3 is 0 Å². The molecule has 0 heterocycles. The van der Waals surface area contributed by atoms with Crippen LogP contribution in [0.5, 0.6) is 0 Å². The summed E-state index contributed by atoms with van der Waals surface area (Å²) in [5.74, 6) is 0. The molecule has 0 nitrogen and oxygen atoms in total. The normalized spacial score (nSPS) is 11.5. The second-order valence-electron chi connectivity index (χ2n) is 13.6. The molecule has 10 aromatic rings. The molecule has 0 fully saturated rings. The summed E-state index contributed by atoms with van der Waals surface area (Å²) in [6, 6.07) is 75.5. The van der Waals surface area contributed by atoms with Crippen LogP contribution in [0.25, 0.3) is 98.7 Å². The van der Waals surface area contributed by atoms with Crippen LogP contribution in [-0.2, 0) is 0 Å². The predicted molar refractivity (Wildman–Crippen MR) is 224 cm³/mol. The summed E-state index contributed by atoms with van der Waals surface area (Å²) in [6.07, 6.45) is 0. The van der Waals surface area contributed by atoms with Crippen LogP contribution in [-0.4, -0.2) is 0 Å². The first-order chi connectivity index (χ1) is 25.8. The Hall–Kier alpha value is -6.76. The lowest BCUT2D eigenvalue weighted by molar-refractivity contribution is 1.60. The average molecular weight is 659 g/mol. The summed E-state index contributed by atoms with van der Waals surface area (Å²) < 4.78 is 0. The monoisotopic (exact) mass is 658 g/mol. The predicted octanol–water partition coefficient (Wildman–Crippen LogP) is 14.6. The number of hydrogen-bond donors (Lipinski definition) is 0. The van der Waals surface area contributed by atoms with Gasteiger partial charge in [0.2, 0.25) is 0 Å². The second-order valence-corrected chi connectivity index (χ2v) is 13.6. The molecule has 0 N–H and O–H groups in total. The van der Waals surface area contributed by atoms with E-state index in [-0.39, 0.29) is 0 Å². The van der Waals surface area contributed by atoms with Crippen LogP contribution < -0.4 is 0 Å². The molecular weight excluding hydrogens is 625 g/mol. The van der Waals surface area contributed by atoms with Crippen molar-refractivity contribution in [3.63, 3.8) is 0 Å². The Morgan fingerprint density at radius 3 is 1.31 bits per heavy atom. The topological polar surface area (TPSA) is 0 Å². The van der Waals surface area contributed by atoms with E-state index in [2.05, 4.69) is 206 Å². The van der Waals surface area contributed by atoms with Gasteiger partial charge in [0.1, 0.15) is 0 Å². The summed E-state index contributed by atoms with van der Waals surface area (Å²) in [7, 11) is 0. The largest absolute Gasteiger partial charge is 0.0622 e. The maximum Gasteiger partial charge on any atom is -0.00262 e. The van der Waals surface area contributed by atoms with Crippen LogP contribution >= 0.6 is 0 Å². The van der Waals surface area contributed by atoms with Gasteiger partial charge in [0.15, 0.2) is 0 Å². The minimum absolute atomic E-state index is 1.21. The van der Waals surface area contributed by atoms with E-state index in [1.54, 1.807) is 0 Å². The number of rotatable bonds is 5. The molecule has 0 heteroatoms. The van der Waals surface area contributed by atoms with Crippen LogP contribution in [0.3, 0.4) is 0 Å². The molecule has 0 atom stereocenters. The van der Waals surface area contributed by atoms with E-state index >= 15 is 0 Å². The molecule has 0 unspecified atom stereocenters. The quantitative estimate of drug-likeness (QED) is 0.161. The fraction of sp³-hybridized carbons (Fsp3) is 0. The molecule has 10 aromatic carbocycles. The van der Waals surface area contributed by atoms with Crippen molar-refractivity contribution in [1.29, 1.82) is 0 Å². The SMILES string of the molecule is c1ccc(-c2c(-c3ccc(-c4c5ccccc5c(-c5cccc(-c6cccc7ccccc67)c5)c5ccccc45)cc3)ccc3ccccc23)cc1. The van der Waals surface area contributed by atoms with Gasteiger partial charge in [0.05, 0.1) is 0 Å². The lowest BCUT2D eigenvalue weighted by Crippen LogP contribution is -1.92. The fourth-order valence-corrected chi connectivity index (χ4v) is 8.31. The minimum Gasteiger partial charge on any atom is -0.0622 e. The molecule has 0 saturated heterocycles. The van der Waals surface area contributed by atoms with Gasteiger partial charge in [0.25, 0.3) is 0 Å². The molecule has 0 spiro atoms. The zero-order valence-corrected chi connectivity index (χ0v) is 28.6. The lowest BCUT2D eigenvalue weighted by atomic mass is 9.84. The van der Waals surface area contributed by atoms with Gasteiger partial charge in [-0.2, -0.15) is 0 Å². The van der Waals surface area contributed by atoms with Crippen molar-refractivity contribution in [2.24, 2.45) is 0 Å². The van der Waals surface area contributed by atoms with E-state index in [4.69, 9.17) is 0 Å². The highest BCUT2D eigenvalue weighted by molar-refractivity contribution is 6.21. The van der Waals surface area contributed by atoms with Gasteiger partial charge < -0.3 is 0 Å². The Balaban J connectivity index is 1.15. The third-order valence-corrected chi connectivity index (χ3v) is 10.7. The highest BCUT2D eigenvalue weighted by Crippen LogP contribution is 2.45. The second kappa shape index (κ2) is 12.5. The number of benzene rings is 10. The van der Waals surface area contributed by atoms with E-state index in [1.807, 2.05) is 0 Å². The first kappa shape index (κ1) is 30.1. The van der Waals surface area contributed by atoms with Gasteiger partial charge in [-0.1, -0.05) is 200 Å². The number of fused-ring (bicyclic) bond motifs is 4. The van der Waals surface area contributed by atoms with Crippen molar-refractivity contribution in [1.82, 2.24) is 0 Å². The van der Waals surface area contributed by atoms with Crippen molar-refractivity contribution in [3.8, 4) is 55.6 Å². The fourth-order valence-electron chi connectivity index (χ4n) is 8.31. The summed E-state index contributed by atoms with van der Waals surface area (Å²) in [4.78, 5) is 0. The molecule has 0 radical (unpaired) electrons. The molecule has 10 rings (SSSR count). The van der Waals surface area contributed by atoms with Gasteiger partial charge in [-0.05, 0) is 105 Å². The molecule has 0 aliphatic heterocycles. The van der Waals surface area contributed by atoms with Crippen LogP contribution in [0.1, 0.15) is 0 Å². The van der Waals surface area contributed by atoms with Crippen molar-refractivity contribution >= 4 is 43.1 Å². The Morgan fingerprint density at radius 2 is 0.635 bits per heavy atom. The van der Waals surface area contributed by atoms with E-state index < -0.39 is 0 Å². The Morgan fingerprint density at radius 1 is 0.192 bits per heavy atom. The zero-order valence-electron chi connectivity index (χ0n) is 28.6. The van der Waals surface area contributed by atoms with Crippen molar-refractivity contribution < 1.29 is 0 Å². The van der Waals surface area contributed by atoms with E-state index in [0.29, 0.717) is 0 Å². The van der Waals surface area contributed by atoms with Gasteiger partial charge in [-0.3, -0.25) is 0 Å². The molecular formula is C52H34. The van der Waals surface area contributed by atoms with Gasteiger partial charge in [0, 0.05) is 0 Å². The first-order valence-corrected chi connectivity index (χ1v) is 18.0. The van der Waals surface area contributed by atoms with Crippen LogP contribution in [0.15, 0.2) is 206 Å². The maximum absolute atomic E-state index is 2.37. The average Bonchev–Trinajstić information content (AvgIpc) is 3.22. The zero-order chi connectivity index (χ0) is 34.4. The lowest BCUT2D eigenvalue weighted by Gasteiger charge is -2.19. The highest BCUT2D eigenvalue weighted by Gasteiger charge is 2.18. The molecule has 52 heavy (non-hydrogen) atoms. The van der Waals surface area contributed by atoms with Gasteiger partial charge in [-0.15, -0.1) is 0 Å². The Labute approximate surface area is 303 Å². The van der Waals surface area contributed by atoms with Crippen molar-refractivity contribution in [2.75, 3.05) is 0 Å². The molecule has 0 aromatic heterocycles. The molecule has 0 bridgehead atoms. The molecule has 0 aliphatic rings. The van der Waals surface area contributed by atoms with E-state index in [1.165, 1.54) is 98.7 Å². The maximum atomic E-state index is 2.37. The summed E-state index contributed by atoms with van der Waals surface area (Å²) >= 11 is 0. The first-order valence-electron chi connectivity index (χ1n) is 18.0. The third kappa shape index (κ3) is 5.00. The van der Waals surface area contributed by atoms with E-state index in [9.17, 15) is 0 Å². The third-order valence-electron chi connectivity index (χ3n) is 10.7. The van der Waals surface area contributed by atoms with Crippen molar-refractivity contribution in [3.05, 3.63) is 206 Å². The molecule has 0 aliphatic carbocycles. The summed E-state index contributed by atoms with van der Waals surface area (Å²) in [5.41, 5.74) is 12.4. The van der Waals surface area contributed by atoms with Crippen LogP contribution in [0.4, 0.5) is 0 Å². The molecule has 242 valence electrons. The molecule has 0 amide bonds. The van der Waals surface area contributed by atoms with E-state index in [0.717, 1.165) is 0 Å². The van der Waals surface area contributed by atoms with Crippen LogP contribution in [0.2, 0.25) is 0 Å². The van der Waals surface area contributed by atoms with Crippen LogP contribution in [0, 0.1) is 0 Å². The van der Waals surface area contributed by atoms with Crippen molar-refractivity contribution in [2.45, 2.75) is 0 Å². The number of hydrogen-bond acceptors (Lipinski definition) is 0. The minimum atomic E-state index is 1.21. The van der Waals surface area contributed by atoms with Gasteiger partial charge in [-0.25, -0.2) is 0 Å². The standard InChI is InChI=1S/C52H34/c1-2-16-38(17-3-1)50-44-22-7-5-15-36(44)32-33-45(50)37-28-30-39(31-29-37)51-46-23-8-10-25-48(46)52(49-26-11-9-24-47(49)51)41-20-12-19-40(34-41)43-27-13-18-35-14-4-6-21-42(35)43/h1-34H. The molecule has 0 saturated carbocycles. The smallest absolute Gasteiger partial charge is 0.00262 e. The summed E-state index contributed by atoms with van der Waals surface area (Å²) in [6.45, 7) is 0.